The van der Waals surface area contributed by atoms with Crippen LogP contribution in [0.4, 0.5) is 4.39 Å². The van der Waals surface area contributed by atoms with E-state index in [1.165, 1.54) is 0 Å². The monoisotopic (exact) mass is 247 g/mol. The third kappa shape index (κ3) is 2.27. The maximum atomic E-state index is 13.1. The van der Waals surface area contributed by atoms with E-state index >= 15 is 0 Å². The van der Waals surface area contributed by atoms with Crippen LogP contribution in [0.5, 0.6) is 0 Å². The zero-order valence-electron chi connectivity index (χ0n) is 7.22. The topological polar surface area (TPSA) is 46.2 Å². The summed E-state index contributed by atoms with van der Waals surface area (Å²) in [7, 11) is 0. The normalized spacial score (nSPS) is 13.0. The molecule has 1 aromatic carbocycles. The van der Waals surface area contributed by atoms with Gasteiger partial charge in [0.1, 0.15) is 5.82 Å². The third-order valence-electron chi connectivity index (χ3n) is 1.84. The number of benzene rings is 1. The Kier molecular flexibility index (Phi) is 3.41. The minimum absolute atomic E-state index is 0.136. The first-order chi connectivity index (χ1) is 6.06. The molecule has 1 aromatic rings. The van der Waals surface area contributed by atoms with Gasteiger partial charge in [-0.15, -0.1) is 0 Å². The van der Waals surface area contributed by atoms with Crippen LogP contribution in [0, 0.1) is 12.7 Å². The Morgan fingerprint density at radius 2 is 2.23 bits per heavy atom. The molecular weight excluding hydrogens is 237 g/mol. The van der Waals surface area contributed by atoms with Crippen molar-refractivity contribution in [2.24, 2.45) is 5.73 Å². The molecule has 13 heavy (non-hydrogen) atoms. The van der Waals surface area contributed by atoms with Crippen molar-refractivity contribution in [3.05, 3.63) is 33.5 Å². The zero-order chi connectivity index (χ0) is 10.0. The number of aryl methyl sites for hydroxylation is 1. The summed E-state index contributed by atoms with van der Waals surface area (Å²) in [6.07, 6.45) is -0.726. The first-order valence-corrected chi connectivity index (χ1v) is 4.69. The Morgan fingerprint density at radius 3 is 2.69 bits per heavy atom. The van der Waals surface area contributed by atoms with Gasteiger partial charge in [0.25, 0.3) is 0 Å². The predicted molar refractivity (Wildman–Crippen MR) is 52.9 cm³/mol. The summed E-state index contributed by atoms with van der Waals surface area (Å²) in [5.74, 6) is -0.298. The second-order valence-electron chi connectivity index (χ2n) is 2.89. The Labute approximate surface area is 84.7 Å². The van der Waals surface area contributed by atoms with Crippen molar-refractivity contribution in [2.75, 3.05) is 6.54 Å². The molecule has 0 aliphatic heterocycles. The smallest absolute Gasteiger partial charge is 0.140 e. The summed E-state index contributed by atoms with van der Waals surface area (Å²) in [6, 6.07) is 3.14. The fourth-order valence-electron chi connectivity index (χ4n) is 1.08. The molecule has 0 heterocycles. The van der Waals surface area contributed by atoms with Gasteiger partial charge in [-0.2, -0.15) is 0 Å². The molecule has 3 N–H and O–H groups in total. The van der Waals surface area contributed by atoms with Crippen LogP contribution in [0.1, 0.15) is 17.2 Å². The van der Waals surface area contributed by atoms with E-state index in [0.717, 1.165) is 0 Å². The summed E-state index contributed by atoms with van der Waals surface area (Å²) in [5, 5.41) is 9.40. The second kappa shape index (κ2) is 4.17. The van der Waals surface area contributed by atoms with Gasteiger partial charge in [-0.05, 0) is 40.0 Å². The van der Waals surface area contributed by atoms with E-state index in [9.17, 15) is 9.50 Å². The predicted octanol–water partition coefficient (Wildman–Crippen LogP) is 1.89. The number of nitrogens with two attached hydrogens (primary N) is 1. The molecule has 0 saturated heterocycles. The highest BCUT2D eigenvalue weighted by atomic mass is 79.9. The number of aliphatic hydroxyl groups is 1. The van der Waals surface area contributed by atoms with Crippen molar-refractivity contribution in [2.45, 2.75) is 13.0 Å². The maximum absolute atomic E-state index is 13.1. The zero-order valence-corrected chi connectivity index (χ0v) is 8.81. The fourth-order valence-corrected chi connectivity index (χ4v) is 1.66. The lowest BCUT2D eigenvalue weighted by molar-refractivity contribution is 0.186. The molecule has 72 valence electrons. The lowest BCUT2D eigenvalue weighted by Gasteiger charge is -2.10. The maximum Gasteiger partial charge on any atom is 0.140 e. The highest BCUT2D eigenvalue weighted by Crippen LogP contribution is 2.24. The number of halogens is 2. The first kappa shape index (κ1) is 10.6. The molecule has 0 aliphatic rings. The third-order valence-corrected chi connectivity index (χ3v) is 2.42. The highest BCUT2D eigenvalue weighted by Gasteiger charge is 2.10. The van der Waals surface area contributed by atoms with Gasteiger partial charge in [0, 0.05) is 6.54 Å². The summed E-state index contributed by atoms with van der Waals surface area (Å²) in [5.41, 5.74) is 6.41. The Hall–Kier alpha value is -0.450. The molecule has 0 amide bonds. The molecule has 0 aromatic heterocycles. The van der Waals surface area contributed by atoms with E-state index in [0.29, 0.717) is 15.6 Å². The van der Waals surface area contributed by atoms with Crippen LogP contribution in [-0.4, -0.2) is 11.7 Å². The molecule has 1 atom stereocenters. The van der Waals surface area contributed by atoms with Crippen LogP contribution >= 0.6 is 15.9 Å². The minimum atomic E-state index is -0.726. The van der Waals surface area contributed by atoms with Gasteiger partial charge in [-0.25, -0.2) is 4.39 Å². The van der Waals surface area contributed by atoms with E-state index in [1.807, 2.05) is 0 Å². The molecule has 2 nitrogen and oxygen atoms in total. The van der Waals surface area contributed by atoms with Gasteiger partial charge in [0.05, 0.1) is 10.6 Å². The van der Waals surface area contributed by atoms with E-state index in [4.69, 9.17) is 5.73 Å². The van der Waals surface area contributed by atoms with Gasteiger partial charge < -0.3 is 10.8 Å². The molecule has 0 radical (unpaired) electrons. The van der Waals surface area contributed by atoms with Crippen molar-refractivity contribution in [3.8, 4) is 0 Å². The molecule has 0 spiro atoms. The molecule has 0 saturated carbocycles. The minimum Gasteiger partial charge on any atom is -0.387 e. The molecule has 0 bridgehead atoms. The first-order valence-electron chi connectivity index (χ1n) is 3.90. The largest absolute Gasteiger partial charge is 0.387 e. The van der Waals surface area contributed by atoms with Crippen LogP contribution in [0.3, 0.4) is 0 Å². The average molecular weight is 248 g/mol. The number of hydrogen-bond donors (Lipinski definition) is 2. The quantitative estimate of drug-likeness (QED) is 0.839. The standard InChI is InChI=1S/C9H11BrFNO/c1-5-2-6(8(13)4-12)3-7(10)9(5)11/h2-3,8,13H,4,12H2,1H3. The van der Waals surface area contributed by atoms with E-state index in [1.54, 1.807) is 19.1 Å². The van der Waals surface area contributed by atoms with Crippen LogP contribution in [0.25, 0.3) is 0 Å². The average Bonchev–Trinajstić information content (AvgIpc) is 2.12. The lowest BCUT2D eigenvalue weighted by Crippen LogP contribution is -2.11. The van der Waals surface area contributed by atoms with Gasteiger partial charge in [-0.1, -0.05) is 6.07 Å². The van der Waals surface area contributed by atoms with Gasteiger partial charge in [0.2, 0.25) is 0 Å². The molecular formula is C9H11BrFNO. The molecule has 1 rings (SSSR count). The number of aliphatic hydroxyl groups excluding tert-OH is 1. The van der Waals surface area contributed by atoms with Gasteiger partial charge >= 0.3 is 0 Å². The van der Waals surface area contributed by atoms with Crippen LogP contribution in [0.15, 0.2) is 16.6 Å². The van der Waals surface area contributed by atoms with Gasteiger partial charge in [-0.3, -0.25) is 0 Å². The van der Waals surface area contributed by atoms with Crippen LogP contribution in [0.2, 0.25) is 0 Å². The molecule has 4 heteroatoms. The molecule has 0 fully saturated rings. The Bertz CT molecular complexity index is 293. The lowest BCUT2D eigenvalue weighted by atomic mass is 10.1. The van der Waals surface area contributed by atoms with Crippen molar-refractivity contribution < 1.29 is 9.50 Å². The van der Waals surface area contributed by atoms with E-state index in [-0.39, 0.29) is 12.4 Å². The van der Waals surface area contributed by atoms with Crippen LogP contribution in [-0.2, 0) is 0 Å². The SMILES string of the molecule is Cc1cc(C(O)CN)cc(Br)c1F. The highest BCUT2D eigenvalue weighted by molar-refractivity contribution is 9.10. The Morgan fingerprint density at radius 1 is 1.62 bits per heavy atom. The number of rotatable bonds is 2. The second-order valence-corrected chi connectivity index (χ2v) is 3.74. The van der Waals surface area contributed by atoms with Crippen molar-refractivity contribution >= 4 is 15.9 Å². The Balaban J connectivity index is 3.13. The van der Waals surface area contributed by atoms with Gasteiger partial charge in [0.15, 0.2) is 0 Å². The summed E-state index contributed by atoms with van der Waals surface area (Å²) < 4.78 is 13.5. The van der Waals surface area contributed by atoms with Crippen molar-refractivity contribution in [1.29, 1.82) is 0 Å². The van der Waals surface area contributed by atoms with E-state index < -0.39 is 6.10 Å². The van der Waals surface area contributed by atoms with Crippen LogP contribution < -0.4 is 5.73 Å². The summed E-state index contributed by atoms with van der Waals surface area (Å²) in [4.78, 5) is 0. The van der Waals surface area contributed by atoms with Crippen molar-refractivity contribution in [1.82, 2.24) is 0 Å². The summed E-state index contributed by atoms with van der Waals surface area (Å²) >= 11 is 3.07. The van der Waals surface area contributed by atoms with E-state index in [2.05, 4.69) is 15.9 Å². The summed E-state index contributed by atoms with van der Waals surface area (Å²) in [6.45, 7) is 1.78. The number of hydrogen-bond acceptors (Lipinski definition) is 2. The molecule has 0 aliphatic carbocycles. The fraction of sp³-hybridized carbons (Fsp3) is 0.333. The molecule has 1 unspecified atom stereocenters. The van der Waals surface area contributed by atoms with Crippen molar-refractivity contribution in [3.63, 3.8) is 0 Å².